The molecule has 21 heavy (non-hydrogen) atoms. The largest absolute Gasteiger partial charge is 0.506 e. The molecular formula is C13H25NO7. The van der Waals surface area contributed by atoms with Crippen LogP contribution in [0.25, 0.3) is 0 Å². The highest BCUT2D eigenvalue weighted by molar-refractivity contribution is 5.79. The summed E-state index contributed by atoms with van der Waals surface area (Å²) >= 11 is 0. The number of alkyl carbamates (subject to hydrolysis) is 1. The Hall–Kier alpha value is -1.99. The molecule has 0 aromatic carbocycles. The van der Waals surface area contributed by atoms with Crippen molar-refractivity contribution in [1.82, 2.24) is 5.32 Å². The monoisotopic (exact) mass is 307 g/mol. The molecule has 124 valence electrons. The standard InChI is InChI=1S/C9H17NO4.C4H8O3/c1-5-6(7(11)12)10-8(13)14-9(2,3)4;1-3(2)7-4(5)6/h6H,5H2,1-4H3,(H,10,13)(H,11,12);3H,1-2H3,(H,5,6)/t6-;/m0./s1. The molecule has 0 bridgehead atoms. The molecule has 0 saturated heterocycles. The van der Waals surface area contributed by atoms with Crippen LogP contribution in [0.5, 0.6) is 0 Å². The molecular weight excluding hydrogens is 282 g/mol. The van der Waals surface area contributed by atoms with Gasteiger partial charge in [0.15, 0.2) is 0 Å². The third kappa shape index (κ3) is 16.0. The van der Waals surface area contributed by atoms with Crippen molar-refractivity contribution in [3.63, 3.8) is 0 Å². The maximum Gasteiger partial charge on any atom is 0.506 e. The van der Waals surface area contributed by atoms with Gasteiger partial charge in [-0.2, -0.15) is 0 Å². The summed E-state index contributed by atoms with van der Waals surface area (Å²) in [6.45, 7) is 10.1. The highest BCUT2D eigenvalue weighted by Gasteiger charge is 2.22. The predicted octanol–water partition coefficient (Wildman–Crippen LogP) is 2.46. The highest BCUT2D eigenvalue weighted by Crippen LogP contribution is 2.07. The first kappa shape index (κ1) is 21.3. The summed E-state index contributed by atoms with van der Waals surface area (Å²) in [5.74, 6) is -1.06. The molecule has 3 N–H and O–H groups in total. The van der Waals surface area contributed by atoms with Crippen LogP contribution in [0, 0.1) is 0 Å². The van der Waals surface area contributed by atoms with Gasteiger partial charge in [-0.05, 0) is 41.0 Å². The predicted molar refractivity (Wildman–Crippen MR) is 75.3 cm³/mol. The van der Waals surface area contributed by atoms with Gasteiger partial charge in [0.05, 0.1) is 6.10 Å². The Bertz CT molecular complexity index is 347. The summed E-state index contributed by atoms with van der Waals surface area (Å²) in [4.78, 5) is 31.3. The van der Waals surface area contributed by atoms with Crippen molar-refractivity contribution in [3.05, 3.63) is 0 Å². The Morgan fingerprint density at radius 2 is 1.62 bits per heavy atom. The van der Waals surface area contributed by atoms with Crippen LogP contribution in [0.4, 0.5) is 9.59 Å². The molecule has 0 fully saturated rings. The average Bonchev–Trinajstić information content (AvgIpc) is 2.21. The van der Waals surface area contributed by atoms with Gasteiger partial charge in [-0.15, -0.1) is 0 Å². The third-order valence-corrected chi connectivity index (χ3v) is 1.73. The van der Waals surface area contributed by atoms with E-state index in [9.17, 15) is 14.4 Å². The van der Waals surface area contributed by atoms with E-state index in [4.69, 9.17) is 14.9 Å². The number of ether oxygens (including phenoxy) is 2. The minimum atomic E-state index is -1.21. The fraction of sp³-hybridized carbons (Fsp3) is 0.769. The smallest absolute Gasteiger partial charge is 0.480 e. The molecule has 0 aliphatic rings. The molecule has 0 aliphatic heterocycles. The van der Waals surface area contributed by atoms with Crippen LogP contribution in [0.3, 0.4) is 0 Å². The lowest BCUT2D eigenvalue weighted by molar-refractivity contribution is -0.139. The Labute approximate surface area is 124 Å². The number of aliphatic carboxylic acids is 1. The molecule has 0 saturated carbocycles. The van der Waals surface area contributed by atoms with E-state index in [-0.39, 0.29) is 6.10 Å². The summed E-state index contributed by atoms with van der Waals surface area (Å²) in [5, 5.41) is 18.8. The van der Waals surface area contributed by atoms with Crippen LogP contribution in [-0.2, 0) is 14.3 Å². The van der Waals surface area contributed by atoms with E-state index in [1.54, 1.807) is 41.5 Å². The summed E-state index contributed by atoms with van der Waals surface area (Å²) in [6.07, 6.45) is -1.81. The summed E-state index contributed by atoms with van der Waals surface area (Å²) in [6, 6.07) is -0.884. The van der Waals surface area contributed by atoms with Crippen LogP contribution in [0.15, 0.2) is 0 Å². The van der Waals surface area contributed by atoms with E-state index < -0.39 is 29.9 Å². The van der Waals surface area contributed by atoms with E-state index in [2.05, 4.69) is 10.1 Å². The molecule has 0 aromatic heterocycles. The lowest BCUT2D eigenvalue weighted by Crippen LogP contribution is -2.43. The lowest BCUT2D eigenvalue weighted by atomic mass is 10.2. The maximum absolute atomic E-state index is 11.1. The molecule has 0 rings (SSSR count). The number of hydrogen-bond donors (Lipinski definition) is 3. The second kappa shape index (κ2) is 9.84. The van der Waals surface area contributed by atoms with Crippen molar-refractivity contribution in [1.29, 1.82) is 0 Å². The first-order valence-corrected chi connectivity index (χ1v) is 6.51. The molecule has 0 spiro atoms. The minimum Gasteiger partial charge on any atom is -0.480 e. The zero-order valence-corrected chi connectivity index (χ0v) is 13.3. The van der Waals surface area contributed by atoms with E-state index in [1.165, 1.54) is 0 Å². The van der Waals surface area contributed by atoms with E-state index in [0.29, 0.717) is 6.42 Å². The van der Waals surface area contributed by atoms with Crippen molar-refractivity contribution in [2.75, 3.05) is 0 Å². The molecule has 0 aliphatic carbocycles. The quantitative estimate of drug-likeness (QED) is 0.682. The summed E-state index contributed by atoms with van der Waals surface area (Å²) in [5.41, 5.74) is -0.610. The van der Waals surface area contributed by atoms with Crippen molar-refractivity contribution >= 4 is 18.2 Å². The highest BCUT2D eigenvalue weighted by atomic mass is 16.7. The molecule has 0 radical (unpaired) electrons. The first-order chi connectivity index (χ1) is 9.38. The van der Waals surface area contributed by atoms with Gasteiger partial charge >= 0.3 is 18.2 Å². The van der Waals surface area contributed by atoms with E-state index in [0.717, 1.165) is 0 Å². The lowest BCUT2D eigenvalue weighted by Gasteiger charge is -2.21. The van der Waals surface area contributed by atoms with Crippen molar-refractivity contribution in [2.45, 2.75) is 65.7 Å². The number of rotatable bonds is 4. The van der Waals surface area contributed by atoms with Crippen LogP contribution in [-0.4, -0.2) is 46.2 Å². The minimum absolute atomic E-state index is 0.225. The summed E-state index contributed by atoms with van der Waals surface area (Å²) in [7, 11) is 0. The van der Waals surface area contributed by atoms with Crippen LogP contribution in [0.1, 0.15) is 48.0 Å². The second-order valence-electron chi connectivity index (χ2n) is 5.38. The topological polar surface area (TPSA) is 122 Å². The Kier molecular flexibility index (Phi) is 9.99. The summed E-state index contributed by atoms with van der Waals surface area (Å²) < 4.78 is 9.07. The fourth-order valence-corrected chi connectivity index (χ4v) is 0.990. The molecule has 0 aromatic rings. The first-order valence-electron chi connectivity index (χ1n) is 6.51. The van der Waals surface area contributed by atoms with Gasteiger partial charge in [0.2, 0.25) is 0 Å². The number of nitrogens with one attached hydrogen (secondary N) is 1. The van der Waals surface area contributed by atoms with Gasteiger partial charge in [-0.1, -0.05) is 6.92 Å². The van der Waals surface area contributed by atoms with E-state index >= 15 is 0 Å². The van der Waals surface area contributed by atoms with Gasteiger partial charge in [0.1, 0.15) is 11.6 Å². The molecule has 1 atom stereocenters. The number of carbonyl (C=O) groups is 3. The normalized spacial score (nSPS) is 11.8. The Balaban J connectivity index is 0. The molecule has 8 nitrogen and oxygen atoms in total. The number of carboxylic acids is 1. The third-order valence-electron chi connectivity index (χ3n) is 1.73. The van der Waals surface area contributed by atoms with Gasteiger partial charge in [-0.25, -0.2) is 14.4 Å². The van der Waals surface area contributed by atoms with E-state index in [1.807, 2.05) is 0 Å². The second-order valence-corrected chi connectivity index (χ2v) is 5.38. The van der Waals surface area contributed by atoms with Gasteiger partial charge in [0.25, 0.3) is 0 Å². The molecule has 0 heterocycles. The molecule has 1 amide bonds. The molecule has 0 unspecified atom stereocenters. The Morgan fingerprint density at radius 1 is 1.14 bits per heavy atom. The van der Waals surface area contributed by atoms with Crippen LogP contribution < -0.4 is 5.32 Å². The van der Waals surface area contributed by atoms with Gasteiger partial charge in [0, 0.05) is 0 Å². The van der Waals surface area contributed by atoms with Crippen LogP contribution in [0.2, 0.25) is 0 Å². The average molecular weight is 307 g/mol. The van der Waals surface area contributed by atoms with Crippen molar-refractivity contribution < 1.29 is 34.1 Å². The number of carbonyl (C=O) groups excluding carboxylic acids is 1. The van der Waals surface area contributed by atoms with Crippen molar-refractivity contribution in [2.24, 2.45) is 0 Å². The van der Waals surface area contributed by atoms with Crippen molar-refractivity contribution in [3.8, 4) is 0 Å². The van der Waals surface area contributed by atoms with Gasteiger partial charge in [-0.3, -0.25) is 0 Å². The zero-order valence-electron chi connectivity index (χ0n) is 13.3. The van der Waals surface area contributed by atoms with Crippen LogP contribution >= 0.6 is 0 Å². The van der Waals surface area contributed by atoms with Gasteiger partial charge < -0.3 is 25.0 Å². The fourth-order valence-electron chi connectivity index (χ4n) is 0.990. The Morgan fingerprint density at radius 3 is 1.81 bits per heavy atom. The SMILES string of the molecule is CC(C)OC(=O)O.CC[C@H](NC(=O)OC(C)(C)C)C(=O)O. The maximum atomic E-state index is 11.1. The molecule has 8 heteroatoms. The number of hydrogen-bond acceptors (Lipinski definition) is 5. The number of carboxylic acid groups (broad SMARTS) is 2. The zero-order chi connectivity index (χ0) is 17.2. The number of amides is 1.